The fourth-order valence-electron chi connectivity index (χ4n) is 5.22. The Kier molecular flexibility index (Phi) is 14.4. The van der Waals surface area contributed by atoms with Crippen molar-refractivity contribution >= 4 is 22.9 Å². The number of nitrogens with one attached hydrogen (secondary N) is 1. The first-order valence-electron chi connectivity index (χ1n) is 15.9. The standard InChI is InChI=1S/C36H52N2O2S/c1-5-6-7-8-9-10-11-12-13-14-15-16-23-40-34-21-20-30(26-33(34)36(2,3)4)27-35(39)37-32-19-17-18-31(25-32)28-38-22-24-41-29-38/h17-22,24-26,29H,5-16,23,27-28H2,1-4H3/p+1. The molecular weight excluding hydrogens is 524 g/mol. The number of unbranched alkanes of at least 4 members (excludes halogenated alkanes) is 11. The van der Waals surface area contributed by atoms with Crippen LogP contribution in [0.5, 0.6) is 5.75 Å². The number of aromatic nitrogens is 1. The molecule has 41 heavy (non-hydrogen) atoms. The molecule has 0 spiro atoms. The molecule has 0 saturated heterocycles. The zero-order valence-corrected chi connectivity index (χ0v) is 26.9. The van der Waals surface area contributed by atoms with Crippen LogP contribution in [-0.2, 0) is 23.2 Å². The summed E-state index contributed by atoms with van der Waals surface area (Å²) in [6.45, 7) is 10.4. The molecule has 0 fully saturated rings. The van der Waals surface area contributed by atoms with Gasteiger partial charge in [0.15, 0.2) is 12.7 Å². The topological polar surface area (TPSA) is 42.2 Å². The third kappa shape index (κ3) is 12.8. The van der Waals surface area contributed by atoms with Crippen LogP contribution in [-0.4, -0.2) is 12.5 Å². The summed E-state index contributed by atoms with van der Waals surface area (Å²) in [5.41, 5.74) is 6.19. The Morgan fingerprint density at radius 3 is 2.17 bits per heavy atom. The second-order valence-corrected chi connectivity index (χ2v) is 13.2. The molecule has 0 radical (unpaired) electrons. The van der Waals surface area contributed by atoms with E-state index in [0.717, 1.165) is 47.7 Å². The maximum Gasteiger partial charge on any atom is 0.228 e. The number of hydrogen-bond donors (Lipinski definition) is 1. The van der Waals surface area contributed by atoms with Gasteiger partial charge in [-0.25, -0.2) is 0 Å². The zero-order valence-electron chi connectivity index (χ0n) is 26.1. The van der Waals surface area contributed by atoms with Crippen molar-refractivity contribution in [2.45, 2.75) is 123 Å². The summed E-state index contributed by atoms with van der Waals surface area (Å²) in [4.78, 5) is 12.9. The lowest BCUT2D eigenvalue weighted by Crippen LogP contribution is -2.30. The van der Waals surface area contributed by atoms with E-state index >= 15 is 0 Å². The Morgan fingerprint density at radius 2 is 1.54 bits per heavy atom. The number of ether oxygens (including phenoxy) is 1. The molecule has 1 amide bonds. The van der Waals surface area contributed by atoms with E-state index < -0.39 is 0 Å². The number of hydrogen-bond acceptors (Lipinski definition) is 3. The van der Waals surface area contributed by atoms with E-state index in [1.54, 1.807) is 11.3 Å². The van der Waals surface area contributed by atoms with E-state index in [-0.39, 0.29) is 11.3 Å². The molecule has 2 aromatic carbocycles. The van der Waals surface area contributed by atoms with Gasteiger partial charge in [-0.05, 0) is 41.2 Å². The molecule has 5 heteroatoms. The van der Waals surface area contributed by atoms with Gasteiger partial charge in [-0.1, -0.05) is 134 Å². The summed E-state index contributed by atoms with van der Waals surface area (Å²) in [7, 11) is 0. The molecule has 1 aromatic heterocycles. The molecule has 1 N–H and O–H groups in total. The zero-order chi connectivity index (χ0) is 29.3. The van der Waals surface area contributed by atoms with Crippen molar-refractivity contribution in [3.05, 3.63) is 76.2 Å². The highest BCUT2D eigenvalue weighted by molar-refractivity contribution is 7.07. The van der Waals surface area contributed by atoms with Crippen LogP contribution in [0.3, 0.4) is 0 Å². The van der Waals surface area contributed by atoms with Crippen LogP contribution in [0.25, 0.3) is 0 Å². The molecule has 0 aliphatic rings. The maximum absolute atomic E-state index is 12.9. The van der Waals surface area contributed by atoms with E-state index in [9.17, 15) is 4.79 Å². The Morgan fingerprint density at radius 1 is 0.854 bits per heavy atom. The minimum atomic E-state index is -0.0635. The third-order valence-corrected chi connectivity index (χ3v) is 8.25. The van der Waals surface area contributed by atoms with E-state index in [4.69, 9.17) is 4.74 Å². The molecule has 3 rings (SSSR count). The molecule has 1 heterocycles. The Bertz CT molecular complexity index is 1150. The molecule has 224 valence electrons. The average molecular weight is 578 g/mol. The third-order valence-electron chi connectivity index (χ3n) is 7.58. The molecule has 0 aliphatic carbocycles. The van der Waals surface area contributed by atoms with Crippen molar-refractivity contribution in [2.75, 3.05) is 11.9 Å². The van der Waals surface area contributed by atoms with Crippen LogP contribution >= 0.6 is 11.3 Å². The van der Waals surface area contributed by atoms with E-state index in [2.05, 4.69) is 78.9 Å². The van der Waals surface area contributed by atoms with Crippen LogP contribution in [0.15, 0.2) is 59.6 Å². The van der Waals surface area contributed by atoms with Gasteiger partial charge in [0.1, 0.15) is 5.75 Å². The summed E-state index contributed by atoms with van der Waals surface area (Å²) in [6.07, 6.45) is 18.5. The first-order valence-corrected chi connectivity index (χ1v) is 16.9. The molecule has 0 saturated carbocycles. The Balaban J connectivity index is 1.41. The minimum absolute atomic E-state index is 0.00430. The number of benzene rings is 2. The van der Waals surface area contributed by atoms with Gasteiger partial charge >= 0.3 is 0 Å². The largest absolute Gasteiger partial charge is 0.493 e. The van der Waals surface area contributed by atoms with Crippen LogP contribution in [0.4, 0.5) is 5.69 Å². The number of carbonyl (C=O) groups excluding carboxylic acids is 1. The predicted molar refractivity (Wildman–Crippen MR) is 174 cm³/mol. The molecule has 0 bridgehead atoms. The lowest BCUT2D eigenvalue weighted by molar-refractivity contribution is -0.683. The molecule has 3 aromatic rings. The van der Waals surface area contributed by atoms with Gasteiger partial charge in [0.05, 0.1) is 18.4 Å². The van der Waals surface area contributed by atoms with Gasteiger partial charge in [0.2, 0.25) is 11.4 Å². The van der Waals surface area contributed by atoms with Crippen molar-refractivity contribution in [3.8, 4) is 5.75 Å². The van der Waals surface area contributed by atoms with Crippen molar-refractivity contribution in [1.29, 1.82) is 0 Å². The second-order valence-electron chi connectivity index (χ2n) is 12.4. The lowest BCUT2D eigenvalue weighted by Gasteiger charge is -2.24. The van der Waals surface area contributed by atoms with Crippen LogP contribution in [0.2, 0.25) is 0 Å². The Hall–Kier alpha value is -2.66. The first-order chi connectivity index (χ1) is 19.8. The minimum Gasteiger partial charge on any atom is -0.493 e. The van der Waals surface area contributed by atoms with Crippen molar-refractivity contribution in [3.63, 3.8) is 0 Å². The van der Waals surface area contributed by atoms with Crippen molar-refractivity contribution in [2.24, 2.45) is 0 Å². The van der Waals surface area contributed by atoms with Gasteiger partial charge < -0.3 is 10.1 Å². The fraction of sp³-hybridized carbons (Fsp3) is 0.556. The number of anilines is 1. The monoisotopic (exact) mass is 577 g/mol. The van der Waals surface area contributed by atoms with Crippen LogP contribution < -0.4 is 14.6 Å². The normalized spacial score (nSPS) is 11.5. The molecule has 0 aliphatic heterocycles. The fourth-order valence-corrected chi connectivity index (χ4v) is 5.82. The maximum atomic E-state index is 12.9. The number of rotatable bonds is 19. The highest BCUT2D eigenvalue weighted by Crippen LogP contribution is 2.32. The summed E-state index contributed by atoms with van der Waals surface area (Å²) in [5.74, 6) is 0.943. The van der Waals surface area contributed by atoms with Gasteiger partial charge in [-0.15, -0.1) is 0 Å². The summed E-state index contributed by atoms with van der Waals surface area (Å²) >= 11 is 1.67. The first kappa shape index (κ1) is 32.8. The number of amides is 1. The van der Waals surface area contributed by atoms with Crippen LogP contribution in [0, 0.1) is 0 Å². The van der Waals surface area contributed by atoms with E-state index in [1.165, 1.54) is 70.6 Å². The average Bonchev–Trinajstić information content (AvgIpc) is 3.44. The quantitative estimate of drug-likeness (QED) is 0.114. The molecule has 0 unspecified atom stereocenters. The van der Waals surface area contributed by atoms with E-state index in [1.807, 2.05) is 18.2 Å². The second kappa shape index (κ2) is 18.0. The molecule has 0 atom stereocenters. The Labute approximate surface area is 253 Å². The number of nitrogens with zero attached hydrogens (tertiary/aromatic N) is 1. The smallest absolute Gasteiger partial charge is 0.228 e. The predicted octanol–water partition coefficient (Wildman–Crippen LogP) is 9.64. The van der Waals surface area contributed by atoms with Gasteiger partial charge in [-0.2, -0.15) is 4.57 Å². The number of thiazole rings is 1. The van der Waals surface area contributed by atoms with E-state index in [0.29, 0.717) is 6.42 Å². The highest BCUT2D eigenvalue weighted by Gasteiger charge is 2.20. The van der Waals surface area contributed by atoms with Crippen molar-refractivity contribution in [1.82, 2.24) is 0 Å². The highest BCUT2D eigenvalue weighted by atomic mass is 32.1. The molecular formula is C36H53N2O2S+. The SMILES string of the molecule is CCCCCCCCCCCCCCOc1ccc(CC(=O)Nc2cccc(C[n+]3ccsc3)c2)cc1C(C)(C)C. The van der Waals surface area contributed by atoms with Gasteiger partial charge in [0, 0.05) is 11.3 Å². The summed E-state index contributed by atoms with van der Waals surface area (Å²) < 4.78 is 8.41. The summed E-state index contributed by atoms with van der Waals surface area (Å²) in [5, 5.41) is 5.15. The van der Waals surface area contributed by atoms with Crippen molar-refractivity contribution < 1.29 is 14.1 Å². The van der Waals surface area contributed by atoms with Gasteiger partial charge in [0.25, 0.3) is 0 Å². The molecule has 4 nitrogen and oxygen atoms in total. The summed E-state index contributed by atoms with van der Waals surface area (Å²) in [6, 6.07) is 14.3. The lowest BCUT2D eigenvalue weighted by atomic mass is 9.85. The van der Waals surface area contributed by atoms with Crippen LogP contribution in [0.1, 0.15) is 121 Å². The number of carbonyl (C=O) groups is 1. The van der Waals surface area contributed by atoms with Gasteiger partial charge in [-0.3, -0.25) is 4.79 Å².